The van der Waals surface area contributed by atoms with Gasteiger partial charge in [0.1, 0.15) is 5.54 Å². The standard InChI is InChI=1S/C14H29N3O2/c1-5-7-16-14(4,13(15)18)10-17-8-11(3)19-9-12(17)6-2/h11-12,16H,5-10H2,1-4H3,(H2,15,18). The molecular weight excluding hydrogens is 242 g/mol. The third-order valence-corrected chi connectivity index (χ3v) is 3.88. The average Bonchev–Trinajstić information content (AvgIpc) is 2.36. The predicted octanol–water partition coefficient (Wildman–Crippen LogP) is 0.729. The molecule has 112 valence electrons. The number of carbonyl (C=O) groups is 1. The molecule has 1 amide bonds. The van der Waals surface area contributed by atoms with E-state index in [-0.39, 0.29) is 12.0 Å². The highest BCUT2D eigenvalue weighted by molar-refractivity contribution is 5.84. The monoisotopic (exact) mass is 271 g/mol. The molecule has 1 aliphatic heterocycles. The summed E-state index contributed by atoms with van der Waals surface area (Å²) in [5.74, 6) is -0.282. The Labute approximate surface area is 116 Å². The molecule has 0 saturated carbocycles. The maximum Gasteiger partial charge on any atom is 0.238 e. The van der Waals surface area contributed by atoms with Crippen LogP contribution in [0.25, 0.3) is 0 Å². The van der Waals surface area contributed by atoms with Crippen molar-refractivity contribution in [1.82, 2.24) is 10.2 Å². The second-order valence-corrected chi connectivity index (χ2v) is 5.76. The number of nitrogens with one attached hydrogen (secondary N) is 1. The van der Waals surface area contributed by atoms with E-state index in [4.69, 9.17) is 10.5 Å². The number of ether oxygens (including phenoxy) is 1. The highest BCUT2D eigenvalue weighted by Gasteiger charge is 2.36. The molecule has 5 nitrogen and oxygen atoms in total. The highest BCUT2D eigenvalue weighted by atomic mass is 16.5. The minimum absolute atomic E-state index is 0.214. The summed E-state index contributed by atoms with van der Waals surface area (Å²) in [4.78, 5) is 14.1. The lowest BCUT2D eigenvalue weighted by Crippen LogP contribution is -2.63. The molecule has 3 N–H and O–H groups in total. The molecule has 3 atom stereocenters. The molecule has 0 aromatic carbocycles. The Morgan fingerprint density at radius 2 is 2.21 bits per heavy atom. The van der Waals surface area contributed by atoms with Gasteiger partial charge >= 0.3 is 0 Å². The van der Waals surface area contributed by atoms with Gasteiger partial charge in [0.15, 0.2) is 0 Å². The van der Waals surface area contributed by atoms with Crippen molar-refractivity contribution in [1.29, 1.82) is 0 Å². The van der Waals surface area contributed by atoms with Gasteiger partial charge in [0.2, 0.25) is 5.91 Å². The largest absolute Gasteiger partial charge is 0.376 e. The van der Waals surface area contributed by atoms with Crippen LogP contribution in [0.3, 0.4) is 0 Å². The van der Waals surface area contributed by atoms with Crippen LogP contribution in [0.15, 0.2) is 0 Å². The minimum Gasteiger partial charge on any atom is -0.376 e. The van der Waals surface area contributed by atoms with Crippen LogP contribution in [-0.4, -0.2) is 54.7 Å². The molecule has 19 heavy (non-hydrogen) atoms. The molecule has 0 aromatic heterocycles. The number of morpholine rings is 1. The molecule has 0 aromatic rings. The van der Waals surface area contributed by atoms with Crippen LogP contribution >= 0.6 is 0 Å². The Hall–Kier alpha value is -0.650. The Bertz CT molecular complexity index is 298. The first-order valence-corrected chi connectivity index (χ1v) is 7.33. The number of hydrogen-bond acceptors (Lipinski definition) is 4. The minimum atomic E-state index is -0.666. The zero-order valence-corrected chi connectivity index (χ0v) is 12.7. The smallest absolute Gasteiger partial charge is 0.238 e. The van der Waals surface area contributed by atoms with Crippen molar-refractivity contribution in [2.75, 3.05) is 26.2 Å². The lowest BCUT2D eigenvalue weighted by Gasteiger charge is -2.42. The third kappa shape index (κ3) is 4.44. The van der Waals surface area contributed by atoms with Gasteiger partial charge in [0.05, 0.1) is 12.7 Å². The first-order valence-electron chi connectivity index (χ1n) is 7.33. The summed E-state index contributed by atoms with van der Waals surface area (Å²) >= 11 is 0. The molecule has 0 radical (unpaired) electrons. The molecule has 5 heteroatoms. The fourth-order valence-corrected chi connectivity index (χ4v) is 2.51. The third-order valence-electron chi connectivity index (χ3n) is 3.88. The number of amides is 1. The maximum atomic E-state index is 11.8. The van der Waals surface area contributed by atoms with E-state index in [1.807, 2.05) is 6.92 Å². The number of hydrogen-bond donors (Lipinski definition) is 2. The van der Waals surface area contributed by atoms with E-state index in [0.29, 0.717) is 12.6 Å². The van der Waals surface area contributed by atoms with Crippen molar-refractivity contribution in [2.24, 2.45) is 5.73 Å². The summed E-state index contributed by atoms with van der Waals surface area (Å²) in [5, 5.41) is 3.30. The zero-order chi connectivity index (χ0) is 14.5. The number of primary amides is 1. The Morgan fingerprint density at radius 3 is 2.74 bits per heavy atom. The Balaban J connectivity index is 2.72. The van der Waals surface area contributed by atoms with Gasteiger partial charge < -0.3 is 15.8 Å². The number of carbonyl (C=O) groups excluding carboxylic acids is 1. The first-order chi connectivity index (χ1) is 8.92. The van der Waals surface area contributed by atoms with E-state index < -0.39 is 5.54 Å². The van der Waals surface area contributed by atoms with Gasteiger partial charge in [-0.25, -0.2) is 0 Å². The van der Waals surface area contributed by atoms with E-state index in [2.05, 4.69) is 31.0 Å². The highest BCUT2D eigenvalue weighted by Crippen LogP contribution is 2.18. The van der Waals surface area contributed by atoms with Gasteiger partial charge in [0, 0.05) is 19.1 Å². The van der Waals surface area contributed by atoms with Gasteiger partial charge in [0.25, 0.3) is 0 Å². The first kappa shape index (κ1) is 16.4. The van der Waals surface area contributed by atoms with Crippen LogP contribution in [0.4, 0.5) is 0 Å². The normalized spacial score (nSPS) is 28.0. The topological polar surface area (TPSA) is 67.6 Å². The van der Waals surface area contributed by atoms with E-state index in [0.717, 1.165) is 32.5 Å². The Kier molecular flexibility index (Phi) is 6.23. The fraction of sp³-hybridized carbons (Fsp3) is 0.929. The van der Waals surface area contributed by atoms with Crippen LogP contribution in [0, 0.1) is 0 Å². The SMILES string of the molecule is CCCNC(C)(CN1CC(C)OCC1CC)C(N)=O. The van der Waals surface area contributed by atoms with E-state index in [1.165, 1.54) is 0 Å². The molecular formula is C14H29N3O2. The molecule has 0 bridgehead atoms. The maximum absolute atomic E-state index is 11.8. The number of nitrogens with zero attached hydrogens (tertiary/aromatic N) is 1. The second kappa shape index (κ2) is 7.22. The van der Waals surface area contributed by atoms with Gasteiger partial charge in [-0.15, -0.1) is 0 Å². The summed E-state index contributed by atoms with van der Waals surface area (Å²) in [6, 6.07) is 0.373. The predicted molar refractivity (Wildman–Crippen MR) is 77.0 cm³/mol. The van der Waals surface area contributed by atoms with Gasteiger partial charge in [-0.1, -0.05) is 13.8 Å². The van der Waals surface area contributed by atoms with E-state index >= 15 is 0 Å². The molecule has 1 fully saturated rings. The summed E-state index contributed by atoms with van der Waals surface area (Å²) in [6.45, 7) is 11.2. The lowest BCUT2D eigenvalue weighted by atomic mass is 9.98. The molecule has 1 aliphatic rings. The summed E-state index contributed by atoms with van der Waals surface area (Å²) in [7, 11) is 0. The summed E-state index contributed by atoms with van der Waals surface area (Å²) in [5.41, 5.74) is 4.92. The molecule has 1 heterocycles. The van der Waals surface area contributed by atoms with Gasteiger partial charge in [-0.3, -0.25) is 9.69 Å². The van der Waals surface area contributed by atoms with Crippen LogP contribution in [0.1, 0.15) is 40.5 Å². The Morgan fingerprint density at radius 1 is 1.53 bits per heavy atom. The van der Waals surface area contributed by atoms with Crippen molar-refractivity contribution in [3.05, 3.63) is 0 Å². The van der Waals surface area contributed by atoms with Crippen LogP contribution < -0.4 is 11.1 Å². The van der Waals surface area contributed by atoms with Crippen molar-refractivity contribution in [3.8, 4) is 0 Å². The lowest BCUT2D eigenvalue weighted by molar-refractivity contribution is -0.127. The molecule has 1 saturated heterocycles. The van der Waals surface area contributed by atoms with Crippen molar-refractivity contribution < 1.29 is 9.53 Å². The van der Waals surface area contributed by atoms with Crippen LogP contribution in [0.5, 0.6) is 0 Å². The van der Waals surface area contributed by atoms with Crippen molar-refractivity contribution in [2.45, 2.75) is 58.2 Å². The van der Waals surface area contributed by atoms with Gasteiger partial charge in [-0.05, 0) is 33.2 Å². The molecule has 0 spiro atoms. The van der Waals surface area contributed by atoms with Crippen LogP contribution in [0.2, 0.25) is 0 Å². The zero-order valence-electron chi connectivity index (χ0n) is 12.7. The van der Waals surface area contributed by atoms with Crippen LogP contribution in [-0.2, 0) is 9.53 Å². The van der Waals surface area contributed by atoms with Crippen molar-refractivity contribution in [3.63, 3.8) is 0 Å². The average molecular weight is 271 g/mol. The fourth-order valence-electron chi connectivity index (χ4n) is 2.51. The second-order valence-electron chi connectivity index (χ2n) is 5.76. The number of rotatable bonds is 7. The summed E-state index contributed by atoms with van der Waals surface area (Å²) in [6.07, 6.45) is 2.22. The van der Waals surface area contributed by atoms with E-state index in [9.17, 15) is 4.79 Å². The van der Waals surface area contributed by atoms with Crippen molar-refractivity contribution >= 4 is 5.91 Å². The molecule has 0 aliphatic carbocycles. The summed E-state index contributed by atoms with van der Waals surface area (Å²) < 4.78 is 5.69. The molecule has 3 unspecified atom stereocenters. The number of nitrogens with two attached hydrogens (primary N) is 1. The van der Waals surface area contributed by atoms with E-state index in [1.54, 1.807) is 0 Å². The van der Waals surface area contributed by atoms with Gasteiger partial charge in [-0.2, -0.15) is 0 Å². The quantitative estimate of drug-likeness (QED) is 0.716. The molecule has 1 rings (SSSR count).